The van der Waals surface area contributed by atoms with Crippen molar-refractivity contribution in [1.82, 2.24) is 15.2 Å². The summed E-state index contributed by atoms with van der Waals surface area (Å²) < 4.78 is 0. The molecule has 2 N–H and O–H groups in total. The number of aromatic amines is 1. The first kappa shape index (κ1) is 17.5. The van der Waals surface area contributed by atoms with Crippen LogP contribution in [0.2, 0.25) is 0 Å². The number of hydrogen-bond donors (Lipinski definition) is 2. The van der Waals surface area contributed by atoms with E-state index >= 15 is 0 Å². The van der Waals surface area contributed by atoms with E-state index in [-0.39, 0.29) is 17.5 Å². The number of aromatic nitrogens is 1. The van der Waals surface area contributed by atoms with Gasteiger partial charge in [-0.2, -0.15) is 0 Å². The van der Waals surface area contributed by atoms with Gasteiger partial charge in [0.25, 0.3) is 5.91 Å². The minimum absolute atomic E-state index is 0.116. The highest BCUT2D eigenvalue weighted by molar-refractivity contribution is 6.06. The van der Waals surface area contributed by atoms with Crippen LogP contribution in [-0.4, -0.2) is 35.4 Å². The summed E-state index contributed by atoms with van der Waals surface area (Å²) in [6, 6.07) is 18.7. The molecule has 1 fully saturated rings. The van der Waals surface area contributed by atoms with Crippen LogP contribution in [0.15, 0.2) is 65.5 Å². The third-order valence-electron chi connectivity index (χ3n) is 5.14. The lowest BCUT2D eigenvalue weighted by molar-refractivity contribution is 0.0928. The van der Waals surface area contributed by atoms with Crippen molar-refractivity contribution < 1.29 is 4.79 Å². The van der Waals surface area contributed by atoms with Crippen LogP contribution in [0.3, 0.4) is 0 Å². The van der Waals surface area contributed by atoms with E-state index in [0.29, 0.717) is 11.1 Å². The van der Waals surface area contributed by atoms with E-state index < -0.39 is 0 Å². The van der Waals surface area contributed by atoms with Gasteiger partial charge in [-0.1, -0.05) is 48.5 Å². The zero-order valence-corrected chi connectivity index (χ0v) is 15.2. The molecule has 138 valence electrons. The standard InChI is InChI=1S/C22H23N3O2/c26-21-14-18(17-10-4-5-11-19(17)23-21)22(27)24-20(15-25-12-6-7-13-25)16-8-2-1-3-9-16/h1-5,8-11,14,20H,6-7,12-13,15H2,(H,23,26)(H,24,27). The molecule has 2 heterocycles. The molecule has 1 amide bonds. The molecule has 1 aliphatic rings. The van der Waals surface area contributed by atoms with Crippen LogP contribution in [0.5, 0.6) is 0 Å². The number of pyridine rings is 1. The Bertz CT molecular complexity index is 991. The predicted octanol–water partition coefficient (Wildman–Crippen LogP) is 3.10. The van der Waals surface area contributed by atoms with E-state index in [2.05, 4.69) is 15.2 Å². The van der Waals surface area contributed by atoms with Crippen molar-refractivity contribution in [2.75, 3.05) is 19.6 Å². The molecule has 1 aromatic heterocycles. The normalized spacial score (nSPS) is 15.7. The van der Waals surface area contributed by atoms with E-state index in [1.807, 2.05) is 54.6 Å². The fourth-order valence-electron chi connectivity index (χ4n) is 3.77. The maximum absolute atomic E-state index is 13.1. The Balaban J connectivity index is 1.64. The number of carbonyl (C=O) groups excluding carboxylic acids is 1. The average Bonchev–Trinajstić information content (AvgIpc) is 3.20. The molecule has 0 saturated carbocycles. The quantitative estimate of drug-likeness (QED) is 0.734. The zero-order chi connectivity index (χ0) is 18.6. The maximum atomic E-state index is 13.1. The third-order valence-corrected chi connectivity index (χ3v) is 5.14. The molecular weight excluding hydrogens is 338 g/mol. The summed E-state index contributed by atoms with van der Waals surface area (Å²) in [5.74, 6) is -0.217. The number of fused-ring (bicyclic) bond motifs is 1. The molecule has 5 nitrogen and oxygen atoms in total. The fourth-order valence-corrected chi connectivity index (χ4v) is 3.77. The molecule has 4 rings (SSSR count). The van der Waals surface area contributed by atoms with Gasteiger partial charge in [-0.3, -0.25) is 9.59 Å². The molecule has 3 aromatic rings. The highest BCUT2D eigenvalue weighted by atomic mass is 16.2. The lowest BCUT2D eigenvalue weighted by Gasteiger charge is -2.25. The van der Waals surface area contributed by atoms with Crippen molar-refractivity contribution in [2.45, 2.75) is 18.9 Å². The van der Waals surface area contributed by atoms with Gasteiger partial charge in [0.15, 0.2) is 0 Å². The number of nitrogens with one attached hydrogen (secondary N) is 2. The second kappa shape index (κ2) is 7.76. The molecule has 1 saturated heterocycles. The number of rotatable bonds is 5. The molecule has 5 heteroatoms. The lowest BCUT2D eigenvalue weighted by Crippen LogP contribution is -2.37. The number of likely N-dealkylation sites (tertiary alicyclic amines) is 1. The van der Waals surface area contributed by atoms with Gasteiger partial charge in [0, 0.05) is 23.5 Å². The summed E-state index contributed by atoms with van der Waals surface area (Å²) >= 11 is 0. The second-order valence-corrected chi connectivity index (χ2v) is 7.04. The minimum atomic E-state index is -0.269. The van der Waals surface area contributed by atoms with Gasteiger partial charge in [0.2, 0.25) is 5.56 Å². The molecule has 0 aliphatic carbocycles. The van der Waals surface area contributed by atoms with Crippen LogP contribution in [0, 0.1) is 0 Å². The number of nitrogens with zero attached hydrogens (tertiary/aromatic N) is 1. The molecular formula is C22H23N3O2. The third kappa shape index (κ3) is 3.93. The van der Waals surface area contributed by atoms with Gasteiger partial charge in [-0.25, -0.2) is 0 Å². The van der Waals surface area contributed by atoms with Gasteiger partial charge < -0.3 is 15.2 Å². The molecule has 27 heavy (non-hydrogen) atoms. The van der Waals surface area contributed by atoms with E-state index in [9.17, 15) is 9.59 Å². The van der Waals surface area contributed by atoms with E-state index in [1.165, 1.54) is 18.9 Å². The van der Waals surface area contributed by atoms with Crippen LogP contribution in [0.25, 0.3) is 10.9 Å². The Morgan fingerprint density at radius 3 is 2.52 bits per heavy atom. The SMILES string of the molecule is O=C(NC(CN1CCCC1)c1ccccc1)c1cc(=O)[nH]c2ccccc12. The first-order valence-corrected chi connectivity index (χ1v) is 9.41. The zero-order valence-electron chi connectivity index (χ0n) is 15.2. The Morgan fingerprint density at radius 1 is 1.04 bits per heavy atom. The Hall–Kier alpha value is -2.92. The summed E-state index contributed by atoms with van der Waals surface area (Å²) in [6.07, 6.45) is 2.41. The fraction of sp³-hybridized carbons (Fsp3) is 0.273. The Morgan fingerprint density at radius 2 is 1.74 bits per heavy atom. The molecule has 2 aromatic carbocycles. The van der Waals surface area contributed by atoms with Crippen LogP contribution >= 0.6 is 0 Å². The number of para-hydroxylation sites is 1. The van der Waals surface area contributed by atoms with E-state index in [0.717, 1.165) is 30.6 Å². The number of carbonyl (C=O) groups is 1. The van der Waals surface area contributed by atoms with Crippen molar-refractivity contribution in [3.05, 3.63) is 82.1 Å². The van der Waals surface area contributed by atoms with E-state index in [1.54, 1.807) is 0 Å². The Kier molecular flexibility index (Phi) is 5.03. The molecule has 0 bridgehead atoms. The maximum Gasteiger partial charge on any atom is 0.252 e. The summed E-state index contributed by atoms with van der Waals surface area (Å²) in [6.45, 7) is 2.90. The summed E-state index contributed by atoms with van der Waals surface area (Å²) in [5.41, 5.74) is 1.89. The van der Waals surface area contributed by atoms with E-state index in [4.69, 9.17) is 0 Å². The number of amides is 1. The van der Waals surface area contributed by atoms with Crippen molar-refractivity contribution in [3.63, 3.8) is 0 Å². The topological polar surface area (TPSA) is 65.2 Å². The van der Waals surface area contributed by atoms with Crippen molar-refractivity contribution in [2.24, 2.45) is 0 Å². The van der Waals surface area contributed by atoms with Gasteiger partial charge in [-0.05, 0) is 37.6 Å². The van der Waals surface area contributed by atoms with Crippen molar-refractivity contribution >= 4 is 16.8 Å². The summed E-state index contributed by atoms with van der Waals surface area (Å²) in [4.78, 5) is 30.3. The monoisotopic (exact) mass is 361 g/mol. The van der Waals surface area contributed by atoms with Crippen LogP contribution in [-0.2, 0) is 0 Å². The number of H-pyrrole nitrogens is 1. The average molecular weight is 361 g/mol. The van der Waals surface area contributed by atoms with Gasteiger partial charge in [0.1, 0.15) is 0 Å². The molecule has 1 aliphatic heterocycles. The predicted molar refractivity (Wildman–Crippen MR) is 107 cm³/mol. The Labute approximate surface area is 158 Å². The lowest BCUT2D eigenvalue weighted by atomic mass is 10.0. The smallest absolute Gasteiger partial charge is 0.252 e. The highest BCUT2D eigenvalue weighted by Crippen LogP contribution is 2.20. The molecule has 0 spiro atoms. The highest BCUT2D eigenvalue weighted by Gasteiger charge is 2.22. The minimum Gasteiger partial charge on any atom is -0.344 e. The molecule has 1 atom stereocenters. The van der Waals surface area contributed by atoms with Crippen molar-refractivity contribution in [3.8, 4) is 0 Å². The largest absolute Gasteiger partial charge is 0.344 e. The second-order valence-electron chi connectivity index (χ2n) is 7.04. The van der Waals surface area contributed by atoms with Crippen LogP contribution in [0.4, 0.5) is 0 Å². The van der Waals surface area contributed by atoms with Crippen LogP contribution in [0.1, 0.15) is 34.8 Å². The number of benzene rings is 2. The van der Waals surface area contributed by atoms with Gasteiger partial charge in [-0.15, -0.1) is 0 Å². The first-order valence-electron chi connectivity index (χ1n) is 9.41. The first-order chi connectivity index (χ1) is 13.2. The number of hydrogen-bond acceptors (Lipinski definition) is 3. The van der Waals surface area contributed by atoms with Gasteiger partial charge >= 0.3 is 0 Å². The van der Waals surface area contributed by atoms with Gasteiger partial charge in [0.05, 0.1) is 11.6 Å². The van der Waals surface area contributed by atoms with Crippen molar-refractivity contribution in [1.29, 1.82) is 0 Å². The molecule has 0 radical (unpaired) electrons. The summed E-state index contributed by atoms with van der Waals surface area (Å²) in [5, 5.41) is 3.91. The van der Waals surface area contributed by atoms with Crippen LogP contribution < -0.4 is 10.9 Å². The summed E-state index contributed by atoms with van der Waals surface area (Å²) in [7, 11) is 0. The molecule has 1 unspecified atom stereocenters.